The lowest BCUT2D eigenvalue weighted by Crippen LogP contribution is -2.34. The predicted octanol–water partition coefficient (Wildman–Crippen LogP) is 5.37. The average Bonchev–Trinajstić information content (AvgIpc) is 3.23. The third-order valence-corrected chi connectivity index (χ3v) is 5.67. The summed E-state index contributed by atoms with van der Waals surface area (Å²) in [6.45, 7) is 5.99. The summed E-state index contributed by atoms with van der Waals surface area (Å²) in [7, 11) is 0. The molecule has 0 spiro atoms. The van der Waals surface area contributed by atoms with Gasteiger partial charge in [-0.3, -0.25) is 4.99 Å². The number of aromatic nitrogens is 1. The number of rotatable bonds is 5. The zero-order chi connectivity index (χ0) is 20.7. The number of esters is 1. The quantitative estimate of drug-likeness (QED) is 0.415. The fourth-order valence-electron chi connectivity index (χ4n) is 2.55. The molecule has 0 amide bonds. The van der Waals surface area contributed by atoms with Crippen LogP contribution in [0.15, 0.2) is 50.5 Å². The Kier molecular flexibility index (Phi) is 8.78. The highest BCUT2D eigenvalue weighted by Gasteiger charge is 2.33. The standard InChI is InChI=1S/C17H14Br2FN3O2S.C2H6/c1-2-25-17(24)13-12(8-18)22-15(16-21-5-6-26-16)23-14(13)10-4-3-9(20)7-11(10)19;1-2/h3-7,14H,2,8H2,1H3,(H,22,23);1-2H3. The molecule has 2 aromatic rings. The number of halogens is 3. The lowest BCUT2D eigenvalue weighted by molar-refractivity contribution is -0.138. The summed E-state index contributed by atoms with van der Waals surface area (Å²) in [6, 6.07) is 3.67. The van der Waals surface area contributed by atoms with Crippen LogP contribution in [0.4, 0.5) is 4.39 Å². The van der Waals surface area contributed by atoms with E-state index in [1.54, 1.807) is 19.2 Å². The number of hydrogen-bond donors (Lipinski definition) is 1. The second kappa shape index (κ2) is 10.8. The molecule has 0 aliphatic carbocycles. The second-order valence-electron chi connectivity index (χ2n) is 5.25. The molecule has 0 saturated carbocycles. The van der Waals surface area contributed by atoms with Crippen molar-refractivity contribution in [3.8, 4) is 0 Å². The van der Waals surface area contributed by atoms with Crippen molar-refractivity contribution in [1.29, 1.82) is 0 Å². The summed E-state index contributed by atoms with van der Waals surface area (Å²) in [5, 5.41) is 6.12. The van der Waals surface area contributed by atoms with E-state index in [1.165, 1.54) is 23.5 Å². The lowest BCUT2D eigenvalue weighted by Gasteiger charge is -2.26. The number of alkyl halides is 1. The van der Waals surface area contributed by atoms with Crippen LogP contribution in [0.1, 0.15) is 37.4 Å². The van der Waals surface area contributed by atoms with Gasteiger partial charge in [-0.15, -0.1) is 11.3 Å². The molecule has 1 N–H and O–H groups in total. The first-order valence-electron chi connectivity index (χ1n) is 8.70. The molecule has 150 valence electrons. The van der Waals surface area contributed by atoms with Gasteiger partial charge in [0.05, 0.1) is 12.2 Å². The number of hydrogen-bond acceptors (Lipinski definition) is 6. The summed E-state index contributed by atoms with van der Waals surface area (Å²) >= 11 is 8.24. The Bertz CT molecular complexity index is 885. The predicted molar refractivity (Wildman–Crippen MR) is 117 cm³/mol. The monoisotopic (exact) mass is 531 g/mol. The summed E-state index contributed by atoms with van der Waals surface area (Å²) in [6.07, 6.45) is 1.69. The van der Waals surface area contributed by atoms with E-state index in [1.807, 2.05) is 19.2 Å². The number of nitrogens with one attached hydrogen (secondary N) is 1. The molecule has 5 nitrogen and oxygen atoms in total. The minimum atomic E-state index is -0.642. The minimum absolute atomic E-state index is 0.248. The molecule has 0 saturated heterocycles. The molecule has 0 fully saturated rings. The molecule has 1 atom stereocenters. The van der Waals surface area contributed by atoms with Crippen molar-refractivity contribution < 1.29 is 13.9 Å². The van der Waals surface area contributed by atoms with E-state index in [0.29, 0.717) is 37.5 Å². The van der Waals surface area contributed by atoms with Gasteiger partial charge in [-0.2, -0.15) is 0 Å². The largest absolute Gasteiger partial charge is 0.463 e. The number of thiazole rings is 1. The Morgan fingerprint density at radius 2 is 2.14 bits per heavy atom. The summed E-state index contributed by atoms with van der Waals surface area (Å²) in [5.74, 6) is -0.276. The van der Waals surface area contributed by atoms with Gasteiger partial charge in [-0.1, -0.05) is 51.8 Å². The Morgan fingerprint density at radius 3 is 2.71 bits per heavy atom. The molecule has 1 aromatic heterocycles. The van der Waals surface area contributed by atoms with E-state index in [9.17, 15) is 9.18 Å². The number of benzene rings is 1. The molecule has 1 aliphatic rings. The van der Waals surface area contributed by atoms with Crippen LogP contribution in [0.5, 0.6) is 0 Å². The van der Waals surface area contributed by atoms with Gasteiger partial charge in [0.1, 0.15) is 11.9 Å². The molecule has 0 radical (unpaired) electrons. The van der Waals surface area contributed by atoms with Crippen molar-refractivity contribution >= 4 is 55.0 Å². The van der Waals surface area contributed by atoms with E-state index in [4.69, 9.17) is 4.74 Å². The number of amidine groups is 1. The van der Waals surface area contributed by atoms with Crippen LogP contribution in [0.2, 0.25) is 0 Å². The molecule has 1 aromatic carbocycles. The molecular weight excluding hydrogens is 513 g/mol. The Labute approximate surface area is 184 Å². The SMILES string of the molecule is CC.CCOC(=O)C1=C(CBr)NC(c2nccs2)=NC1c1ccc(F)cc1Br. The van der Waals surface area contributed by atoms with Gasteiger partial charge >= 0.3 is 5.97 Å². The van der Waals surface area contributed by atoms with E-state index >= 15 is 0 Å². The molecular formula is C19H20Br2FN3O2S. The number of carbonyl (C=O) groups excluding carboxylic acids is 1. The first kappa shape index (κ1) is 22.7. The maximum atomic E-state index is 13.5. The summed E-state index contributed by atoms with van der Waals surface area (Å²) in [4.78, 5) is 21.6. The Morgan fingerprint density at radius 1 is 1.39 bits per heavy atom. The minimum Gasteiger partial charge on any atom is -0.463 e. The third kappa shape index (κ3) is 5.07. The average molecular weight is 533 g/mol. The molecule has 1 unspecified atom stereocenters. The first-order chi connectivity index (χ1) is 13.5. The van der Waals surface area contributed by atoms with Crippen LogP contribution < -0.4 is 5.32 Å². The van der Waals surface area contributed by atoms with E-state index < -0.39 is 12.0 Å². The molecule has 2 heterocycles. The topological polar surface area (TPSA) is 63.6 Å². The fourth-order valence-corrected chi connectivity index (χ4v) is 4.15. The molecule has 1 aliphatic heterocycles. The number of aliphatic imine (C=N–C) groups is 1. The maximum Gasteiger partial charge on any atom is 0.338 e. The maximum absolute atomic E-state index is 13.5. The van der Waals surface area contributed by atoms with Gasteiger partial charge in [-0.25, -0.2) is 14.2 Å². The number of carbonyl (C=O) groups is 1. The highest BCUT2D eigenvalue weighted by atomic mass is 79.9. The van der Waals surface area contributed by atoms with E-state index in [-0.39, 0.29) is 12.4 Å². The summed E-state index contributed by atoms with van der Waals surface area (Å²) < 4.78 is 19.3. The number of ether oxygens (including phenoxy) is 1. The van der Waals surface area contributed by atoms with Crippen LogP contribution in [-0.2, 0) is 9.53 Å². The molecule has 28 heavy (non-hydrogen) atoms. The number of allylic oxidation sites excluding steroid dienone is 1. The van der Waals surface area contributed by atoms with E-state index in [0.717, 1.165) is 0 Å². The van der Waals surface area contributed by atoms with E-state index in [2.05, 4.69) is 47.2 Å². The normalized spacial score (nSPS) is 15.9. The zero-order valence-electron chi connectivity index (χ0n) is 15.6. The highest BCUT2D eigenvalue weighted by molar-refractivity contribution is 9.10. The van der Waals surface area contributed by atoms with Crippen molar-refractivity contribution in [1.82, 2.24) is 10.3 Å². The molecule has 3 rings (SSSR count). The first-order valence-corrected chi connectivity index (χ1v) is 11.5. The van der Waals surface area contributed by atoms with Gasteiger partial charge in [0.2, 0.25) is 0 Å². The summed E-state index contributed by atoms with van der Waals surface area (Å²) in [5.41, 5.74) is 1.70. The number of nitrogens with zero attached hydrogens (tertiary/aromatic N) is 2. The van der Waals surface area contributed by atoms with Crippen LogP contribution in [0.25, 0.3) is 0 Å². The van der Waals surface area contributed by atoms with Crippen molar-refractivity contribution in [3.63, 3.8) is 0 Å². The molecule has 0 bridgehead atoms. The Balaban J connectivity index is 0.00000136. The fraction of sp³-hybridized carbons (Fsp3) is 0.316. The van der Waals surface area contributed by atoms with Crippen molar-refractivity contribution in [2.75, 3.05) is 11.9 Å². The lowest BCUT2D eigenvalue weighted by atomic mass is 9.96. The van der Waals surface area contributed by atoms with Crippen LogP contribution >= 0.6 is 43.2 Å². The van der Waals surface area contributed by atoms with Crippen molar-refractivity contribution in [3.05, 3.63) is 61.9 Å². The van der Waals surface area contributed by atoms with Gasteiger partial charge in [-0.05, 0) is 24.6 Å². The van der Waals surface area contributed by atoms with Gasteiger partial charge in [0.15, 0.2) is 10.8 Å². The van der Waals surface area contributed by atoms with Crippen molar-refractivity contribution in [2.45, 2.75) is 26.8 Å². The molecule has 9 heteroatoms. The Hall–Kier alpha value is -1.58. The highest BCUT2D eigenvalue weighted by Crippen LogP contribution is 2.37. The van der Waals surface area contributed by atoms with Gasteiger partial charge < -0.3 is 10.1 Å². The van der Waals surface area contributed by atoms with Gasteiger partial charge in [0.25, 0.3) is 0 Å². The smallest absolute Gasteiger partial charge is 0.338 e. The zero-order valence-corrected chi connectivity index (χ0v) is 19.6. The van der Waals surface area contributed by atoms with Crippen molar-refractivity contribution in [2.24, 2.45) is 4.99 Å². The van der Waals surface area contributed by atoms with Crippen LogP contribution in [0, 0.1) is 5.82 Å². The van der Waals surface area contributed by atoms with Crippen LogP contribution in [0.3, 0.4) is 0 Å². The van der Waals surface area contributed by atoms with Crippen LogP contribution in [-0.4, -0.2) is 28.7 Å². The third-order valence-electron chi connectivity index (χ3n) is 3.65. The second-order valence-corrected chi connectivity index (χ2v) is 7.56. The van der Waals surface area contributed by atoms with Gasteiger partial charge in [0, 0.05) is 27.1 Å².